The number of aliphatic hydroxyl groups excluding tert-OH is 1. The molecule has 5 atom stereocenters. The topological polar surface area (TPSA) is 237 Å². The summed E-state index contributed by atoms with van der Waals surface area (Å²) in [7, 11) is -9.98. The van der Waals surface area contributed by atoms with Crippen molar-refractivity contribution in [1.29, 1.82) is 0 Å². The van der Waals surface area contributed by atoms with Crippen molar-refractivity contribution in [3.8, 4) is 0 Å². The predicted molar refractivity (Wildman–Crippen MR) is 417 cm³/mol. The molecule has 0 spiro atoms. The maximum Gasteiger partial charge on any atom is 0.472 e. The van der Waals surface area contributed by atoms with E-state index in [4.69, 9.17) is 37.0 Å². The second-order valence-electron chi connectivity index (χ2n) is 25.5. The molecular weight excluding hydrogens is 1330 g/mol. The van der Waals surface area contributed by atoms with E-state index in [1.807, 2.05) is 0 Å². The standard InChI is InChI=1S/C83H138O17P2/c1-5-9-13-17-21-25-29-33-36-38-41-45-48-52-56-60-64-68-81(86)94-74-79(100-83(88)70-66-62-58-54-50-46-42-39-37-34-30-26-22-18-14-10-6-2)76-98-102(91,92)96-72-77(84)71-95-101(89,90)97-75-78(99-82(87)69-65-61-57-53-49-43-32-28-24-20-16-12-8-4)73-93-80(85)67-63-59-55-51-47-44-40-35-31-27-23-19-15-11-7-3/h9-11,13-16,20-23,25-28,32-37,40,47,51,77-79,84H,5-8,12,17-19,24,29-31,38-39,41-46,48-50,52-76H2,1-4H3,(H,89,90)(H,91,92)/b13-9-,14-10-,15-11-,20-16-,25-21-,26-22-,27-23-,32-28-,36-33-,37-34-,40-35-,51-47-. The Balaban J connectivity index is 5.41. The van der Waals surface area contributed by atoms with Gasteiger partial charge in [-0.25, -0.2) is 9.13 Å². The highest BCUT2D eigenvalue weighted by Gasteiger charge is 2.30. The Morgan fingerprint density at radius 2 is 0.510 bits per heavy atom. The summed E-state index contributed by atoms with van der Waals surface area (Å²) < 4.78 is 68.5. The number of allylic oxidation sites excluding steroid dienone is 24. The number of rotatable bonds is 72. The molecule has 0 radical (unpaired) electrons. The SMILES string of the molecule is CC/C=C\C/C=C\C/C=C\C/C=C\CCCCC(=O)OCC(COP(=O)(O)OCC(O)COP(=O)(O)OCC(COC(=O)CCCCCCCCC/C=C\C/C=C\C/C=C\CC)OC(=O)CCCCCCCCC/C=C\C/C=C\C/C=C\CC)OC(=O)CCCCCCC/C=C\C/C=C\CCC. The van der Waals surface area contributed by atoms with Gasteiger partial charge in [0.05, 0.1) is 26.4 Å². The molecule has 0 aliphatic carbocycles. The van der Waals surface area contributed by atoms with Gasteiger partial charge < -0.3 is 33.8 Å². The van der Waals surface area contributed by atoms with E-state index in [2.05, 4.69) is 174 Å². The van der Waals surface area contributed by atoms with E-state index in [1.165, 1.54) is 0 Å². The Morgan fingerprint density at radius 3 is 0.804 bits per heavy atom. The van der Waals surface area contributed by atoms with E-state index < -0.39 is 97.5 Å². The quantitative estimate of drug-likeness (QED) is 0.0169. The highest BCUT2D eigenvalue weighted by molar-refractivity contribution is 7.47. The minimum absolute atomic E-state index is 0.0656. The summed E-state index contributed by atoms with van der Waals surface area (Å²) >= 11 is 0. The largest absolute Gasteiger partial charge is 0.472 e. The van der Waals surface area contributed by atoms with Crippen molar-refractivity contribution in [3.05, 3.63) is 146 Å². The van der Waals surface area contributed by atoms with Crippen LogP contribution >= 0.6 is 15.6 Å². The number of hydrogen-bond donors (Lipinski definition) is 3. The lowest BCUT2D eigenvalue weighted by Gasteiger charge is -2.21. The maximum atomic E-state index is 13.1. The summed E-state index contributed by atoms with van der Waals surface area (Å²) in [4.78, 5) is 73.0. The Labute approximate surface area is 617 Å². The van der Waals surface area contributed by atoms with Crippen LogP contribution in [0.15, 0.2) is 146 Å². The molecule has 0 rings (SSSR count). The molecular formula is C83H138O17P2. The Morgan fingerprint density at radius 1 is 0.284 bits per heavy atom. The summed E-state index contributed by atoms with van der Waals surface area (Å²) in [6.45, 7) is 4.39. The molecule has 0 bridgehead atoms. The van der Waals surface area contributed by atoms with Crippen molar-refractivity contribution in [1.82, 2.24) is 0 Å². The minimum Gasteiger partial charge on any atom is -0.462 e. The fourth-order valence-electron chi connectivity index (χ4n) is 9.92. The monoisotopic (exact) mass is 1470 g/mol. The first kappa shape index (κ1) is 96.9. The Kier molecular flexibility index (Phi) is 70.5. The minimum atomic E-state index is -4.99. The molecule has 0 amide bonds. The number of hydrogen-bond acceptors (Lipinski definition) is 15. The summed E-state index contributed by atoms with van der Waals surface area (Å²) in [6.07, 6.45) is 84.0. The average Bonchev–Trinajstić information content (AvgIpc) is 0.908. The molecule has 0 aliphatic rings. The number of ether oxygens (including phenoxy) is 4. The van der Waals surface area contributed by atoms with Crippen molar-refractivity contribution >= 4 is 39.5 Å². The third-order valence-corrected chi connectivity index (χ3v) is 17.7. The van der Waals surface area contributed by atoms with Crippen LogP contribution in [0.4, 0.5) is 0 Å². The van der Waals surface area contributed by atoms with E-state index >= 15 is 0 Å². The highest BCUT2D eigenvalue weighted by atomic mass is 31.2. The van der Waals surface area contributed by atoms with Crippen molar-refractivity contribution in [3.63, 3.8) is 0 Å². The molecule has 5 unspecified atom stereocenters. The van der Waals surface area contributed by atoms with Crippen LogP contribution in [0.2, 0.25) is 0 Å². The van der Waals surface area contributed by atoms with Gasteiger partial charge in [-0.05, 0) is 154 Å². The average molecular weight is 1470 g/mol. The molecule has 3 N–H and O–H groups in total. The molecule has 102 heavy (non-hydrogen) atoms. The van der Waals surface area contributed by atoms with Crippen molar-refractivity contribution in [2.75, 3.05) is 39.6 Å². The number of unbranched alkanes of at least 4 members (excludes halogenated alkanes) is 22. The van der Waals surface area contributed by atoms with Crippen LogP contribution < -0.4 is 0 Å². The van der Waals surface area contributed by atoms with Crippen molar-refractivity contribution in [2.45, 2.75) is 316 Å². The predicted octanol–water partition coefficient (Wildman–Crippen LogP) is 22.7. The Bertz CT molecular complexity index is 2510. The van der Waals surface area contributed by atoms with E-state index in [0.717, 1.165) is 218 Å². The van der Waals surface area contributed by atoms with Crippen molar-refractivity contribution in [2.24, 2.45) is 0 Å². The zero-order valence-corrected chi connectivity index (χ0v) is 65.3. The fraction of sp³-hybridized carbons (Fsp3) is 0.663. The van der Waals surface area contributed by atoms with Crippen LogP contribution in [0.3, 0.4) is 0 Å². The molecule has 17 nitrogen and oxygen atoms in total. The lowest BCUT2D eigenvalue weighted by atomic mass is 10.1. The summed E-state index contributed by atoms with van der Waals surface area (Å²) in [5, 5.41) is 10.6. The zero-order valence-electron chi connectivity index (χ0n) is 63.5. The van der Waals surface area contributed by atoms with Gasteiger partial charge in [0.1, 0.15) is 19.3 Å². The van der Waals surface area contributed by atoms with Gasteiger partial charge in [-0.15, -0.1) is 0 Å². The van der Waals surface area contributed by atoms with E-state index in [1.54, 1.807) is 0 Å². The van der Waals surface area contributed by atoms with Crippen LogP contribution in [-0.2, 0) is 65.4 Å². The number of carbonyl (C=O) groups is 4. The van der Waals surface area contributed by atoms with Gasteiger partial charge in [-0.3, -0.25) is 37.3 Å². The first-order valence-corrected chi connectivity index (χ1v) is 42.1. The molecule has 0 saturated carbocycles. The van der Waals surface area contributed by atoms with Crippen molar-refractivity contribution < 1.29 is 80.2 Å². The molecule has 0 saturated heterocycles. The van der Waals surface area contributed by atoms with Crippen LogP contribution in [0.5, 0.6) is 0 Å². The molecule has 0 aromatic carbocycles. The number of aliphatic hydroxyl groups is 1. The summed E-state index contributed by atoms with van der Waals surface area (Å²) in [6, 6.07) is 0. The Hall–Kier alpha value is -5.06. The van der Waals surface area contributed by atoms with Crippen LogP contribution in [0, 0.1) is 0 Å². The third-order valence-electron chi connectivity index (χ3n) is 15.8. The van der Waals surface area contributed by atoms with Gasteiger partial charge in [0.2, 0.25) is 0 Å². The second kappa shape index (κ2) is 74.2. The van der Waals surface area contributed by atoms with Gasteiger partial charge >= 0.3 is 39.5 Å². The molecule has 582 valence electrons. The van der Waals surface area contributed by atoms with Gasteiger partial charge in [-0.2, -0.15) is 0 Å². The first-order chi connectivity index (χ1) is 49.7. The fourth-order valence-corrected chi connectivity index (χ4v) is 11.5. The number of phosphoric acid groups is 2. The highest BCUT2D eigenvalue weighted by Crippen LogP contribution is 2.45. The lowest BCUT2D eigenvalue weighted by molar-refractivity contribution is -0.161. The van der Waals surface area contributed by atoms with Crippen LogP contribution in [0.1, 0.15) is 297 Å². The van der Waals surface area contributed by atoms with Crippen LogP contribution in [-0.4, -0.2) is 96.7 Å². The number of carbonyl (C=O) groups excluding carboxylic acids is 4. The molecule has 0 aromatic rings. The smallest absolute Gasteiger partial charge is 0.462 e. The van der Waals surface area contributed by atoms with Gasteiger partial charge in [0, 0.05) is 25.7 Å². The number of phosphoric ester groups is 2. The van der Waals surface area contributed by atoms with E-state index in [0.29, 0.717) is 25.7 Å². The van der Waals surface area contributed by atoms with Gasteiger partial charge in [0.25, 0.3) is 0 Å². The molecule has 0 aromatic heterocycles. The first-order valence-electron chi connectivity index (χ1n) is 39.1. The van der Waals surface area contributed by atoms with Crippen LogP contribution in [0.25, 0.3) is 0 Å². The van der Waals surface area contributed by atoms with E-state index in [-0.39, 0.29) is 25.7 Å². The van der Waals surface area contributed by atoms with Gasteiger partial charge in [-0.1, -0.05) is 263 Å². The van der Waals surface area contributed by atoms with E-state index in [9.17, 15) is 43.2 Å². The maximum absolute atomic E-state index is 13.1. The second-order valence-corrected chi connectivity index (χ2v) is 28.4. The molecule has 19 heteroatoms. The van der Waals surface area contributed by atoms with Gasteiger partial charge in [0.15, 0.2) is 12.2 Å². The molecule has 0 heterocycles. The molecule has 0 fully saturated rings. The normalized spacial score (nSPS) is 14.7. The zero-order chi connectivity index (χ0) is 74.6. The lowest BCUT2D eigenvalue weighted by Crippen LogP contribution is -2.30. The number of esters is 4. The third kappa shape index (κ3) is 73.3. The summed E-state index contributed by atoms with van der Waals surface area (Å²) in [5.74, 6) is -2.26. The molecule has 0 aliphatic heterocycles. The summed E-state index contributed by atoms with van der Waals surface area (Å²) in [5.41, 5.74) is 0.